The van der Waals surface area contributed by atoms with Crippen LogP contribution in [0, 0.1) is 13.3 Å². The molecular weight excluding hydrogens is 168 g/mol. The summed E-state index contributed by atoms with van der Waals surface area (Å²) < 4.78 is 0. The van der Waals surface area contributed by atoms with Crippen LogP contribution >= 0.6 is 0 Å². The van der Waals surface area contributed by atoms with Crippen LogP contribution in [-0.2, 0) is 0 Å². The molecule has 2 aromatic carbocycles. The van der Waals surface area contributed by atoms with E-state index in [0.29, 0.717) is 0 Å². The van der Waals surface area contributed by atoms with Crippen molar-refractivity contribution in [2.75, 3.05) is 0 Å². The van der Waals surface area contributed by atoms with Crippen molar-refractivity contribution < 1.29 is 0 Å². The highest BCUT2D eigenvalue weighted by Gasteiger charge is 2.17. The lowest BCUT2D eigenvalue weighted by atomic mass is 10.0. The molecule has 67 valence electrons. The van der Waals surface area contributed by atoms with Crippen molar-refractivity contribution in [1.29, 1.82) is 0 Å². The maximum atomic E-state index is 2.26. The Hall–Kier alpha value is -1.56. The number of rotatable bonds is 0. The van der Waals surface area contributed by atoms with Gasteiger partial charge >= 0.3 is 0 Å². The third kappa shape index (κ3) is 1.00. The lowest BCUT2D eigenvalue weighted by molar-refractivity contribution is 1.45. The molecule has 0 amide bonds. The fourth-order valence-corrected chi connectivity index (χ4v) is 2.06. The zero-order chi connectivity index (χ0) is 9.54. The van der Waals surface area contributed by atoms with E-state index in [-0.39, 0.29) is 0 Å². The zero-order valence-corrected chi connectivity index (χ0v) is 8.12. The largest absolute Gasteiger partial charge is 0.0619 e. The number of benzene rings is 2. The molecule has 0 atom stereocenters. The van der Waals surface area contributed by atoms with E-state index in [4.69, 9.17) is 0 Å². The molecule has 0 bridgehead atoms. The first-order valence-electron chi connectivity index (χ1n) is 4.89. The highest BCUT2D eigenvalue weighted by molar-refractivity contribution is 5.81. The molecule has 14 heavy (non-hydrogen) atoms. The summed E-state index contributed by atoms with van der Waals surface area (Å²) in [5.74, 6) is 0. The summed E-state index contributed by atoms with van der Waals surface area (Å²) in [5, 5.41) is 0. The Balaban J connectivity index is 2.30. The summed E-state index contributed by atoms with van der Waals surface area (Å²) in [6.07, 6.45) is 2.25. The number of fused-ring (bicyclic) bond motifs is 3. The van der Waals surface area contributed by atoms with Gasteiger partial charge in [-0.25, -0.2) is 0 Å². The second kappa shape index (κ2) is 2.71. The van der Waals surface area contributed by atoms with Gasteiger partial charge in [0.25, 0.3) is 0 Å². The van der Waals surface area contributed by atoms with Gasteiger partial charge in [-0.2, -0.15) is 0 Å². The molecule has 0 saturated carbocycles. The smallest absolute Gasteiger partial charge is 0.0211 e. The van der Waals surface area contributed by atoms with Crippen molar-refractivity contribution in [3.63, 3.8) is 0 Å². The van der Waals surface area contributed by atoms with Crippen LogP contribution in [0.3, 0.4) is 0 Å². The summed E-state index contributed by atoms with van der Waals surface area (Å²) in [6, 6.07) is 15.2. The predicted octanol–water partition coefficient (Wildman–Crippen LogP) is 3.58. The van der Waals surface area contributed by atoms with E-state index in [1.54, 1.807) is 0 Å². The van der Waals surface area contributed by atoms with Crippen molar-refractivity contribution in [1.82, 2.24) is 0 Å². The number of hydrogen-bond donors (Lipinski definition) is 0. The van der Waals surface area contributed by atoms with Crippen LogP contribution in [0.5, 0.6) is 0 Å². The summed E-state index contributed by atoms with van der Waals surface area (Å²) in [4.78, 5) is 0. The van der Waals surface area contributed by atoms with Crippen molar-refractivity contribution in [2.45, 2.75) is 6.92 Å². The molecule has 1 radical (unpaired) electrons. The summed E-state index contributed by atoms with van der Waals surface area (Å²) >= 11 is 0. The van der Waals surface area contributed by atoms with Crippen LogP contribution in [0.15, 0.2) is 42.5 Å². The Morgan fingerprint density at radius 1 is 0.786 bits per heavy atom. The fraction of sp³-hybridized carbons (Fsp3) is 0.0714. The van der Waals surface area contributed by atoms with Crippen molar-refractivity contribution >= 4 is 0 Å². The minimum absolute atomic E-state index is 1.33. The SMILES string of the molecule is Cc1ccc2c(c1)-c1ccccc1[CH]2. The molecule has 0 heteroatoms. The minimum atomic E-state index is 1.33. The number of aryl methyl sites for hydroxylation is 1. The molecule has 0 unspecified atom stereocenters. The summed E-state index contributed by atoms with van der Waals surface area (Å²) in [7, 11) is 0. The van der Waals surface area contributed by atoms with Gasteiger partial charge in [-0.3, -0.25) is 0 Å². The molecule has 0 N–H and O–H groups in total. The highest BCUT2D eigenvalue weighted by Crippen LogP contribution is 2.37. The predicted molar refractivity (Wildman–Crippen MR) is 59.1 cm³/mol. The Kier molecular flexibility index (Phi) is 1.51. The van der Waals surface area contributed by atoms with Crippen LogP contribution in [0.2, 0.25) is 0 Å². The Bertz CT molecular complexity index is 495. The highest BCUT2D eigenvalue weighted by atomic mass is 14.2. The standard InChI is InChI=1S/C14H11/c1-10-6-7-12-9-11-4-2-3-5-13(11)14(12)8-10/h2-9H,1H3. The van der Waals surface area contributed by atoms with Gasteiger partial charge in [-0.15, -0.1) is 0 Å². The maximum absolute atomic E-state index is 2.26. The van der Waals surface area contributed by atoms with Crippen LogP contribution in [-0.4, -0.2) is 0 Å². The molecule has 1 aliphatic carbocycles. The van der Waals surface area contributed by atoms with Crippen molar-refractivity contribution in [3.8, 4) is 11.1 Å². The second-order valence-electron chi connectivity index (χ2n) is 3.82. The fourth-order valence-electron chi connectivity index (χ4n) is 2.06. The van der Waals surface area contributed by atoms with E-state index in [9.17, 15) is 0 Å². The van der Waals surface area contributed by atoms with Crippen molar-refractivity contribution in [2.24, 2.45) is 0 Å². The average Bonchev–Trinajstić information content (AvgIpc) is 2.56. The molecule has 0 nitrogen and oxygen atoms in total. The molecule has 2 aromatic rings. The first kappa shape index (κ1) is 7.81. The normalized spacial score (nSPS) is 12.4. The number of hydrogen-bond acceptors (Lipinski definition) is 0. The van der Waals surface area contributed by atoms with Gasteiger partial charge in [0, 0.05) is 6.42 Å². The summed E-state index contributed by atoms with van der Waals surface area (Å²) in [6.45, 7) is 2.14. The lowest BCUT2D eigenvalue weighted by Gasteiger charge is -2.01. The monoisotopic (exact) mass is 179 g/mol. The van der Waals surface area contributed by atoms with E-state index in [1.807, 2.05) is 0 Å². The molecule has 0 spiro atoms. The van der Waals surface area contributed by atoms with Gasteiger partial charge in [-0.1, -0.05) is 48.0 Å². The van der Waals surface area contributed by atoms with Crippen LogP contribution in [0.4, 0.5) is 0 Å². The molecule has 1 aliphatic rings. The molecule has 3 rings (SSSR count). The molecule has 0 heterocycles. The van der Waals surface area contributed by atoms with E-state index < -0.39 is 0 Å². The molecule has 0 aromatic heterocycles. The first-order chi connectivity index (χ1) is 6.84. The molecule has 0 aliphatic heterocycles. The topological polar surface area (TPSA) is 0 Å². The maximum Gasteiger partial charge on any atom is 0.0211 e. The van der Waals surface area contributed by atoms with E-state index in [2.05, 4.69) is 55.8 Å². The van der Waals surface area contributed by atoms with Crippen LogP contribution < -0.4 is 0 Å². The van der Waals surface area contributed by atoms with Crippen LogP contribution in [0.25, 0.3) is 11.1 Å². The summed E-state index contributed by atoms with van der Waals surface area (Å²) in [5.41, 5.74) is 6.76. The van der Waals surface area contributed by atoms with E-state index >= 15 is 0 Å². The Morgan fingerprint density at radius 2 is 1.57 bits per heavy atom. The van der Waals surface area contributed by atoms with Gasteiger partial charge in [0.05, 0.1) is 0 Å². The van der Waals surface area contributed by atoms with Gasteiger partial charge in [0.1, 0.15) is 0 Å². The third-order valence-corrected chi connectivity index (χ3v) is 2.77. The second-order valence-corrected chi connectivity index (χ2v) is 3.82. The minimum Gasteiger partial charge on any atom is -0.0619 e. The Morgan fingerprint density at radius 3 is 2.50 bits per heavy atom. The lowest BCUT2D eigenvalue weighted by Crippen LogP contribution is -1.78. The van der Waals surface area contributed by atoms with Crippen molar-refractivity contribution in [3.05, 3.63) is 65.6 Å². The molecule has 0 fully saturated rings. The quantitative estimate of drug-likeness (QED) is 0.495. The molecular formula is C14H11. The first-order valence-corrected chi connectivity index (χ1v) is 4.89. The average molecular weight is 179 g/mol. The van der Waals surface area contributed by atoms with E-state index in [0.717, 1.165) is 0 Å². The van der Waals surface area contributed by atoms with Gasteiger partial charge < -0.3 is 0 Å². The Labute approximate surface area is 84.2 Å². The molecule has 0 saturated heterocycles. The van der Waals surface area contributed by atoms with Gasteiger partial charge in [0.15, 0.2) is 0 Å². The third-order valence-electron chi connectivity index (χ3n) is 2.77. The van der Waals surface area contributed by atoms with E-state index in [1.165, 1.54) is 27.8 Å². The van der Waals surface area contributed by atoms with Crippen LogP contribution in [0.1, 0.15) is 16.7 Å². The van der Waals surface area contributed by atoms with Gasteiger partial charge in [-0.05, 0) is 29.2 Å². The zero-order valence-electron chi connectivity index (χ0n) is 8.12. The van der Waals surface area contributed by atoms with Gasteiger partial charge in [0.2, 0.25) is 0 Å².